The molecule has 0 amide bonds. The molecule has 1 fully saturated rings. The smallest absolute Gasteiger partial charge is 0.0691 e. The molecule has 4 heteroatoms. The zero-order valence-corrected chi connectivity index (χ0v) is 14.2. The fourth-order valence-corrected chi connectivity index (χ4v) is 4.46. The van der Waals surface area contributed by atoms with Crippen molar-refractivity contribution in [2.24, 2.45) is 0 Å². The maximum absolute atomic E-state index is 12.4. The van der Waals surface area contributed by atoms with Crippen LogP contribution < -0.4 is 5.32 Å². The predicted molar refractivity (Wildman–Crippen MR) is 89.2 cm³/mol. The second-order valence-corrected chi connectivity index (χ2v) is 7.49. The number of benzene rings is 1. The van der Waals surface area contributed by atoms with Crippen LogP contribution in [0.25, 0.3) is 0 Å². The summed E-state index contributed by atoms with van der Waals surface area (Å²) in [5.41, 5.74) is 3.77. The number of hydrogen-bond acceptors (Lipinski definition) is 3. The van der Waals surface area contributed by atoms with Crippen LogP contribution in [-0.4, -0.2) is 35.0 Å². The molecule has 1 aliphatic rings. The lowest BCUT2D eigenvalue weighted by Gasteiger charge is -2.20. The lowest BCUT2D eigenvalue weighted by atomic mass is 10.0. The first-order valence-electron chi connectivity index (χ1n) is 7.86. The van der Waals surface area contributed by atoms with Crippen LogP contribution in [0.2, 0.25) is 0 Å². The maximum atomic E-state index is 12.4. The summed E-state index contributed by atoms with van der Waals surface area (Å²) in [7, 11) is -0.843. The van der Waals surface area contributed by atoms with E-state index in [0.29, 0.717) is 11.5 Å². The van der Waals surface area contributed by atoms with Crippen LogP contribution in [0.5, 0.6) is 0 Å². The second-order valence-electron chi connectivity index (χ2n) is 5.94. The SMILES string of the molecule is CCNC(CS(=O)CC1CCCO1)c1cc(C)cc(C)c1. The lowest BCUT2D eigenvalue weighted by Crippen LogP contribution is -2.29. The van der Waals surface area contributed by atoms with Gasteiger partial charge in [-0.1, -0.05) is 36.2 Å². The molecule has 1 aliphatic heterocycles. The molecule has 0 aliphatic carbocycles. The number of rotatable bonds is 7. The molecule has 1 heterocycles. The third-order valence-electron chi connectivity index (χ3n) is 3.85. The average molecular weight is 309 g/mol. The van der Waals surface area contributed by atoms with Gasteiger partial charge in [-0.05, 0) is 38.8 Å². The fraction of sp³-hybridized carbons (Fsp3) is 0.647. The van der Waals surface area contributed by atoms with Gasteiger partial charge in [-0.15, -0.1) is 0 Å². The van der Waals surface area contributed by atoms with Crippen LogP contribution in [0.4, 0.5) is 0 Å². The van der Waals surface area contributed by atoms with Gasteiger partial charge >= 0.3 is 0 Å². The van der Waals surface area contributed by atoms with Crippen molar-refractivity contribution < 1.29 is 8.95 Å². The average Bonchev–Trinajstić information content (AvgIpc) is 2.89. The van der Waals surface area contributed by atoms with Crippen molar-refractivity contribution in [2.45, 2.75) is 45.8 Å². The summed E-state index contributed by atoms with van der Waals surface area (Å²) in [5.74, 6) is 1.34. The van der Waals surface area contributed by atoms with Crippen molar-refractivity contribution in [3.8, 4) is 0 Å². The minimum Gasteiger partial charge on any atom is -0.377 e. The third-order valence-corrected chi connectivity index (χ3v) is 5.29. The van der Waals surface area contributed by atoms with Crippen LogP contribution in [0.1, 0.15) is 42.5 Å². The molecular formula is C17H27NO2S. The quantitative estimate of drug-likeness (QED) is 0.841. The van der Waals surface area contributed by atoms with E-state index in [1.165, 1.54) is 16.7 Å². The molecule has 0 radical (unpaired) electrons. The van der Waals surface area contributed by atoms with E-state index < -0.39 is 10.8 Å². The molecule has 2 rings (SSSR count). The first-order valence-corrected chi connectivity index (χ1v) is 9.35. The number of aryl methyl sites for hydroxylation is 2. The highest BCUT2D eigenvalue weighted by molar-refractivity contribution is 7.85. The van der Waals surface area contributed by atoms with Gasteiger partial charge in [0, 0.05) is 35.0 Å². The zero-order chi connectivity index (χ0) is 15.2. The van der Waals surface area contributed by atoms with E-state index in [9.17, 15) is 4.21 Å². The second kappa shape index (κ2) is 8.06. The zero-order valence-electron chi connectivity index (χ0n) is 13.4. The van der Waals surface area contributed by atoms with Gasteiger partial charge in [-0.2, -0.15) is 0 Å². The molecule has 1 aromatic rings. The topological polar surface area (TPSA) is 38.3 Å². The first kappa shape index (κ1) is 16.7. The minimum absolute atomic E-state index is 0.163. The Bertz CT molecular complexity index is 463. The van der Waals surface area contributed by atoms with Crippen LogP contribution >= 0.6 is 0 Å². The summed E-state index contributed by atoms with van der Waals surface area (Å²) < 4.78 is 18.0. The van der Waals surface area contributed by atoms with Gasteiger partial charge in [0.05, 0.1) is 6.10 Å². The summed E-state index contributed by atoms with van der Waals surface area (Å²) >= 11 is 0. The minimum atomic E-state index is -0.843. The van der Waals surface area contributed by atoms with E-state index in [1.807, 2.05) is 0 Å². The van der Waals surface area contributed by atoms with Crippen molar-refractivity contribution >= 4 is 10.8 Å². The summed E-state index contributed by atoms with van der Waals surface area (Å²) in [6.07, 6.45) is 2.36. The van der Waals surface area contributed by atoms with Gasteiger partial charge in [-0.25, -0.2) is 0 Å². The summed E-state index contributed by atoms with van der Waals surface area (Å²) in [6.45, 7) is 8.04. The Balaban J connectivity index is 2.01. The van der Waals surface area contributed by atoms with Crippen molar-refractivity contribution in [3.63, 3.8) is 0 Å². The van der Waals surface area contributed by atoms with Crippen LogP contribution in [0.3, 0.4) is 0 Å². The Hall–Kier alpha value is -0.710. The van der Waals surface area contributed by atoms with Gasteiger partial charge in [0.25, 0.3) is 0 Å². The van der Waals surface area contributed by atoms with Crippen molar-refractivity contribution in [1.29, 1.82) is 0 Å². The Morgan fingerprint density at radius 2 is 2.05 bits per heavy atom. The van der Waals surface area contributed by atoms with Gasteiger partial charge in [0.2, 0.25) is 0 Å². The van der Waals surface area contributed by atoms with E-state index in [1.54, 1.807) is 0 Å². The normalized spacial score (nSPS) is 21.4. The van der Waals surface area contributed by atoms with Gasteiger partial charge in [-0.3, -0.25) is 4.21 Å². The molecule has 21 heavy (non-hydrogen) atoms. The largest absolute Gasteiger partial charge is 0.377 e. The summed E-state index contributed by atoms with van der Waals surface area (Å²) in [5, 5.41) is 3.48. The molecule has 118 valence electrons. The van der Waals surface area contributed by atoms with Crippen LogP contribution in [-0.2, 0) is 15.5 Å². The van der Waals surface area contributed by atoms with E-state index in [0.717, 1.165) is 26.0 Å². The van der Waals surface area contributed by atoms with Crippen molar-refractivity contribution in [1.82, 2.24) is 5.32 Å². The first-order chi connectivity index (χ1) is 10.1. The van der Waals surface area contributed by atoms with Crippen molar-refractivity contribution in [2.75, 3.05) is 24.7 Å². The molecule has 0 spiro atoms. The molecule has 0 bridgehead atoms. The molecule has 1 aromatic carbocycles. The lowest BCUT2D eigenvalue weighted by molar-refractivity contribution is 0.128. The summed E-state index contributed by atoms with van der Waals surface area (Å²) in [4.78, 5) is 0. The Morgan fingerprint density at radius 1 is 1.33 bits per heavy atom. The molecule has 3 atom stereocenters. The fourth-order valence-electron chi connectivity index (χ4n) is 2.97. The Labute approximate surface area is 130 Å². The Kier molecular flexibility index (Phi) is 6.40. The monoisotopic (exact) mass is 309 g/mol. The standard InChI is InChI=1S/C17H27NO2S/c1-4-18-17(15-9-13(2)8-14(3)10-15)12-21(19)11-16-6-5-7-20-16/h8-10,16-18H,4-7,11-12H2,1-3H3. The van der Waals surface area contributed by atoms with Crippen LogP contribution in [0.15, 0.2) is 18.2 Å². The molecular weight excluding hydrogens is 282 g/mol. The number of ether oxygens (including phenoxy) is 1. The number of nitrogens with one attached hydrogen (secondary N) is 1. The molecule has 0 aromatic heterocycles. The molecule has 1 N–H and O–H groups in total. The molecule has 3 nitrogen and oxygen atoms in total. The van der Waals surface area contributed by atoms with E-state index >= 15 is 0 Å². The van der Waals surface area contributed by atoms with Gasteiger partial charge < -0.3 is 10.1 Å². The van der Waals surface area contributed by atoms with E-state index in [-0.39, 0.29) is 12.1 Å². The highest BCUT2D eigenvalue weighted by atomic mass is 32.2. The third kappa shape index (κ3) is 5.20. The molecule has 3 unspecified atom stereocenters. The highest BCUT2D eigenvalue weighted by Gasteiger charge is 2.21. The van der Waals surface area contributed by atoms with Gasteiger partial charge in [0.1, 0.15) is 0 Å². The van der Waals surface area contributed by atoms with E-state index in [4.69, 9.17) is 4.74 Å². The molecule has 0 saturated carbocycles. The van der Waals surface area contributed by atoms with Crippen molar-refractivity contribution in [3.05, 3.63) is 34.9 Å². The number of hydrogen-bond donors (Lipinski definition) is 1. The maximum Gasteiger partial charge on any atom is 0.0691 e. The summed E-state index contributed by atoms with van der Waals surface area (Å²) in [6, 6.07) is 6.74. The molecule has 1 saturated heterocycles. The highest BCUT2D eigenvalue weighted by Crippen LogP contribution is 2.20. The van der Waals surface area contributed by atoms with Gasteiger partial charge in [0.15, 0.2) is 0 Å². The van der Waals surface area contributed by atoms with E-state index in [2.05, 4.69) is 44.3 Å². The Morgan fingerprint density at radius 3 is 2.62 bits per heavy atom. The van der Waals surface area contributed by atoms with Crippen LogP contribution in [0, 0.1) is 13.8 Å². The predicted octanol–water partition coefficient (Wildman–Crippen LogP) is 2.88.